The Hall–Kier alpha value is -3.38. The highest BCUT2D eigenvalue weighted by Crippen LogP contribution is 2.40. The van der Waals surface area contributed by atoms with Gasteiger partial charge in [-0.15, -0.1) is 0 Å². The second kappa shape index (κ2) is 10.7. The number of amides is 1. The van der Waals surface area contributed by atoms with Gasteiger partial charge in [-0.05, 0) is 61.8 Å². The van der Waals surface area contributed by atoms with E-state index >= 15 is 0 Å². The lowest BCUT2D eigenvalue weighted by molar-refractivity contribution is -0.140. The minimum Gasteiger partial charge on any atom is -0.507 e. The topological polar surface area (TPSA) is 70.1 Å². The van der Waals surface area contributed by atoms with Crippen LogP contribution in [-0.4, -0.2) is 60.4 Å². The van der Waals surface area contributed by atoms with E-state index in [1.54, 1.807) is 29.2 Å². The number of likely N-dealkylation sites (N-methyl/N-ethyl adjacent to an activating group) is 1. The molecule has 1 aliphatic rings. The average molecular weight is 463 g/mol. The number of hydrogen-bond donors (Lipinski definition) is 1. The van der Waals surface area contributed by atoms with Crippen molar-refractivity contribution in [3.63, 3.8) is 0 Å². The highest BCUT2D eigenvalue weighted by Gasteiger charge is 2.46. The smallest absolute Gasteiger partial charge is 0.295 e. The fourth-order valence-corrected chi connectivity index (χ4v) is 4.12. The van der Waals surface area contributed by atoms with Gasteiger partial charge in [0.15, 0.2) is 0 Å². The van der Waals surface area contributed by atoms with E-state index in [9.17, 15) is 14.7 Å². The molecule has 0 aromatic heterocycles. The lowest BCUT2D eigenvalue weighted by atomic mass is 9.92. The molecule has 6 nitrogen and oxygen atoms in total. The monoisotopic (exact) mass is 462 g/mol. The van der Waals surface area contributed by atoms with Crippen LogP contribution >= 0.6 is 0 Å². The summed E-state index contributed by atoms with van der Waals surface area (Å²) in [6.07, 6.45) is 1.66. The molecule has 0 saturated carbocycles. The van der Waals surface area contributed by atoms with Gasteiger partial charge in [0.2, 0.25) is 0 Å². The van der Waals surface area contributed by atoms with Crippen LogP contribution in [0, 0.1) is 6.92 Å². The second-order valence-corrected chi connectivity index (χ2v) is 9.19. The summed E-state index contributed by atoms with van der Waals surface area (Å²) < 4.78 is 5.58. The Morgan fingerprint density at radius 2 is 1.85 bits per heavy atom. The number of nitrogens with zero attached hydrogens (tertiary/aromatic N) is 2. The molecule has 0 spiro atoms. The summed E-state index contributed by atoms with van der Waals surface area (Å²) in [5, 5.41) is 11.3. The van der Waals surface area contributed by atoms with E-state index in [0.29, 0.717) is 36.9 Å². The highest BCUT2D eigenvalue weighted by atomic mass is 16.5. The molecular formula is C28H34N2O4. The third-order valence-corrected chi connectivity index (χ3v) is 6.07. The molecule has 0 aliphatic carbocycles. The number of aryl methyl sites for hydroxylation is 1. The molecule has 0 bridgehead atoms. The Labute approximate surface area is 202 Å². The molecule has 3 rings (SSSR count). The SMILES string of the molecule is C=CCOc1ccc(/C(O)=C2\C(=O)C(=O)N(CCN(C)C)C2c2ccc(C(C)C)cc2)c(C)c1. The normalized spacial score (nSPS) is 17.6. The number of likely N-dealkylation sites (tertiary alicyclic amines) is 1. The quantitative estimate of drug-likeness (QED) is 0.254. The Bertz CT molecular complexity index is 1100. The number of carbonyl (C=O) groups excluding carboxylic acids is 2. The van der Waals surface area contributed by atoms with Crippen molar-refractivity contribution in [1.29, 1.82) is 0 Å². The third-order valence-electron chi connectivity index (χ3n) is 6.07. The molecule has 1 N–H and O–H groups in total. The zero-order chi connectivity index (χ0) is 25.0. The van der Waals surface area contributed by atoms with Crippen LogP contribution < -0.4 is 4.74 Å². The summed E-state index contributed by atoms with van der Waals surface area (Å²) in [6, 6.07) is 12.5. The fourth-order valence-electron chi connectivity index (χ4n) is 4.12. The van der Waals surface area contributed by atoms with Crippen LogP contribution in [0.25, 0.3) is 5.76 Å². The first-order valence-corrected chi connectivity index (χ1v) is 11.5. The standard InChI is InChI=1S/C28H34N2O4/c1-7-16-34-22-12-13-23(19(4)17-22)26(31)24-25(21-10-8-20(9-11-21)18(2)3)30(15-14-29(5)6)28(33)27(24)32/h7-13,17-18,25,31H,1,14-16H2,2-6H3/b26-24+. The number of ketones is 1. The summed E-state index contributed by atoms with van der Waals surface area (Å²) in [7, 11) is 3.84. The fraction of sp³-hybridized carbons (Fsp3) is 0.357. The van der Waals surface area contributed by atoms with Gasteiger partial charge in [-0.3, -0.25) is 9.59 Å². The van der Waals surface area contributed by atoms with Gasteiger partial charge in [0.25, 0.3) is 11.7 Å². The van der Waals surface area contributed by atoms with Gasteiger partial charge < -0.3 is 19.6 Å². The van der Waals surface area contributed by atoms with Gasteiger partial charge in [-0.25, -0.2) is 0 Å². The summed E-state index contributed by atoms with van der Waals surface area (Å²) in [5.74, 6) is -0.429. The minimum atomic E-state index is -0.666. The molecule has 1 fully saturated rings. The summed E-state index contributed by atoms with van der Waals surface area (Å²) in [5.41, 5.74) is 3.32. The highest BCUT2D eigenvalue weighted by molar-refractivity contribution is 6.46. The molecule has 34 heavy (non-hydrogen) atoms. The zero-order valence-electron chi connectivity index (χ0n) is 20.7. The van der Waals surface area contributed by atoms with E-state index in [2.05, 4.69) is 20.4 Å². The Kier molecular flexibility index (Phi) is 7.94. The third kappa shape index (κ3) is 5.23. The van der Waals surface area contributed by atoms with E-state index in [0.717, 1.165) is 11.1 Å². The van der Waals surface area contributed by atoms with Crippen LogP contribution in [-0.2, 0) is 9.59 Å². The average Bonchev–Trinajstić information content (AvgIpc) is 3.05. The maximum Gasteiger partial charge on any atom is 0.295 e. The molecule has 0 radical (unpaired) electrons. The maximum atomic E-state index is 13.2. The van der Waals surface area contributed by atoms with Gasteiger partial charge in [0, 0.05) is 18.7 Å². The molecule has 1 atom stereocenters. The van der Waals surface area contributed by atoms with Crippen LogP contribution in [0.1, 0.15) is 48.1 Å². The van der Waals surface area contributed by atoms with Crippen molar-refractivity contribution in [3.8, 4) is 5.75 Å². The first kappa shape index (κ1) is 25.2. The van der Waals surface area contributed by atoms with Crippen molar-refractivity contribution in [2.75, 3.05) is 33.8 Å². The lowest BCUT2D eigenvalue weighted by Gasteiger charge is -2.27. The predicted octanol–water partition coefficient (Wildman–Crippen LogP) is 4.67. The van der Waals surface area contributed by atoms with Crippen LogP contribution in [0.4, 0.5) is 0 Å². The van der Waals surface area contributed by atoms with Crippen molar-refractivity contribution >= 4 is 17.4 Å². The van der Waals surface area contributed by atoms with Crippen LogP contribution in [0.2, 0.25) is 0 Å². The Balaban J connectivity index is 2.11. The van der Waals surface area contributed by atoms with Crippen LogP contribution in [0.5, 0.6) is 5.75 Å². The van der Waals surface area contributed by atoms with Crippen molar-refractivity contribution in [3.05, 3.63) is 82.9 Å². The van der Waals surface area contributed by atoms with E-state index in [1.165, 1.54) is 5.56 Å². The number of aliphatic hydroxyl groups is 1. The molecule has 2 aromatic carbocycles. The van der Waals surface area contributed by atoms with E-state index < -0.39 is 17.7 Å². The van der Waals surface area contributed by atoms with Gasteiger partial charge in [-0.2, -0.15) is 0 Å². The van der Waals surface area contributed by atoms with Gasteiger partial charge in [-0.1, -0.05) is 50.8 Å². The van der Waals surface area contributed by atoms with Crippen molar-refractivity contribution < 1.29 is 19.4 Å². The number of benzene rings is 2. The molecule has 6 heteroatoms. The molecule has 1 unspecified atom stereocenters. The molecule has 180 valence electrons. The molecule has 1 saturated heterocycles. The Morgan fingerprint density at radius 1 is 1.18 bits per heavy atom. The number of hydrogen-bond acceptors (Lipinski definition) is 5. The number of ether oxygens (including phenoxy) is 1. The zero-order valence-corrected chi connectivity index (χ0v) is 20.7. The first-order chi connectivity index (χ1) is 16.1. The number of rotatable bonds is 9. The predicted molar refractivity (Wildman–Crippen MR) is 135 cm³/mol. The second-order valence-electron chi connectivity index (χ2n) is 9.19. The van der Waals surface area contributed by atoms with E-state index in [4.69, 9.17) is 4.74 Å². The van der Waals surface area contributed by atoms with Gasteiger partial charge >= 0.3 is 0 Å². The van der Waals surface area contributed by atoms with Crippen molar-refractivity contribution in [2.45, 2.75) is 32.7 Å². The van der Waals surface area contributed by atoms with Gasteiger partial charge in [0.1, 0.15) is 18.1 Å². The largest absolute Gasteiger partial charge is 0.507 e. The van der Waals surface area contributed by atoms with E-state index in [1.807, 2.05) is 50.2 Å². The minimum absolute atomic E-state index is 0.115. The van der Waals surface area contributed by atoms with Gasteiger partial charge in [0.05, 0.1) is 11.6 Å². The molecular weight excluding hydrogens is 428 g/mol. The Morgan fingerprint density at radius 3 is 2.41 bits per heavy atom. The summed E-state index contributed by atoms with van der Waals surface area (Å²) >= 11 is 0. The molecule has 1 heterocycles. The number of carbonyl (C=O) groups is 2. The van der Waals surface area contributed by atoms with Crippen molar-refractivity contribution in [2.24, 2.45) is 0 Å². The van der Waals surface area contributed by atoms with Crippen LogP contribution in [0.15, 0.2) is 60.7 Å². The molecule has 2 aromatic rings. The summed E-state index contributed by atoms with van der Waals surface area (Å²) in [6.45, 7) is 11.1. The van der Waals surface area contributed by atoms with Crippen LogP contribution in [0.3, 0.4) is 0 Å². The van der Waals surface area contributed by atoms with E-state index in [-0.39, 0.29) is 11.3 Å². The molecule has 1 aliphatic heterocycles. The number of aliphatic hydroxyl groups excluding tert-OH is 1. The molecule has 1 amide bonds. The first-order valence-electron chi connectivity index (χ1n) is 11.5. The van der Waals surface area contributed by atoms with Crippen molar-refractivity contribution in [1.82, 2.24) is 9.80 Å². The summed E-state index contributed by atoms with van der Waals surface area (Å²) in [4.78, 5) is 29.8. The number of Topliss-reactive ketones (excluding diaryl/α,β-unsaturated/α-hetero) is 1. The maximum absolute atomic E-state index is 13.2. The lowest BCUT2D eigenvalue weighted by Crippen LogP contribution is -2.35.